The lowest BCUT2D eigenvalue weighted by molar-refractivity contribution is 0.414. The molecule has 1 aliphatic rings. The van der Waals surface area contributed by atoms with Crippen molar-refractivity contribution in [3.8, 4) is 5.75 Å². The highest BCUT2D eigenvalue weighted by molar-refractivity contribution is 5.48. The van der Waals surface area contributed by atoms with Crippen LogP contribution in [-0.2, 0) is 6.42 Å². The Morgan fingerprint density at radius 3 is 2.21 bits per heavy atom. The Morgan fingerprint density at radius 2 is 1.62 bits per heavy atom. The van der Waals surface area contributed by atoms with Crippen molar-refractivity contribution < 1.29 is 4.74 Å². The zero-order valence-electron chi connectivity index (χ0n) is 14.6. The van der Waals surface area contributed by atoms with Crippen molar-refractivity contribution in [2.24, 2.45) is 5.73 Å². The first-order chi connectivity index (χ1) is 11.8. The molecule has 0 aliphatic carbocycles. The van der Waals surface area contributed by atoms with Crippen LogP contribution in [0, 0.1) is 0 Å². The number of benzene rings is 2. The lowest BCUT2D eigenvalue weighted by atomic mass is 9.92. The summed E-state index contributed by atoms with van der Waals surface area (Å²) in [4.78, 5) is 2.50. The average molecular weight is 324 g/mol. The monoisotopic (exact) mass is 324 g/mol. The molecule has 0 amide bonds. The van der Waals surface area contributed by atoms with Gasteiger partial charge in [0.25, 0.3) is 0 Å². The van der Waals surface area contributed by atoms with Crippen LogP contribution in [0.15, 0.2) is 48.5 Å². The smallest absolute Gasteiger partial charge is 0.118 e. The van der Waals surface area contributed by atoms with Gasteiger partial charge in [-0.25, -0.2) is 0 Å². The van der Waals surface area contributed by atoms with Crippen LogP contribution in [0.3, 0.4) is 0 Å². The third kappa shape index (κ3) is 4.09. The van der Waals surface area contributed by atoms with Gasteiger partial charge in [0, 0.05) is 24.7 Å². The number of nitrogens with zero attached hydrogens (tertiary/aromatic N) is 1. The van der Waals surface area contributed by atoms with E-state index < -0.39 is 0 Å². The summed E-state index contributed by atoms with van der Waals surface area (Å²) < 4.78 is 5.24. The maximum Gasteiger partial charge on any atom is 0.118 e. The van der Waals surface area contributed by atoms with E-state index in [9.17, 15) is 0 Å². The van der Waals surface area contributed by atoms with Crippen LogP contribution in [0.4, 0.5) is 5.69 Å². The van der Waals surface area contributed by atoms with Crippen molar-refractivity contribution in [1.82, 2.24) is 0 Å². The van der Waals surface area contributed by atoms with Crippen LogP contribution in [0.25, 0.3) is 0 Å². The average Bonchev–Trinajstić information content (AvgIpc) is 2.67. The second-order valence-electron chi connectivity index (χ2n) is 6.62. The van der Waals surface area contributed by atoms with Gasteiger partial charge >= 0.3 is 0 Å². The molecular formula is C21H28N2O. The van der Waals surface area contributed by atoms with Crippen molar-refractivity contribution in [1.29, 1.82) is 0 Å². The first-order valence-electron chi connectivity index (χ1n) is 8.98. The molecule has 1 heterocycles. The molecule has 1 saturated heterocycles. The molecule has 3 rings (SSSR count). The highest BCUT2D eigenvalue weighted by atomic mass is 16.5. The number of methoxy groups -OCH3 is 1. The predicted molar refractivity (Wildman–Crippen MR) is 101 cm³/mol. The number of anilines is 1. The first kappa shape index (κ1) is 16.8. The van der Waals surface area contributed by atoms with Crippen molar-refractivity contribution in [2.75, 3.05) is 31.6 Å². The van der Waals surface area contributed by atoms with Gasteiger partial charge in [-0.3, -0.25) is 0 Å². The molecule has 0 saturated carbocycles. The molecule has 1 atom stereocenters. The summed E-state index contributed by atoms with van der Waals surface area (Å²) in [6.07, 6.45) is 4.97. The quantitative estimate of drug-likeness (QED) is 0.874. The van der Waals surface area contributed by atoms with Gasteiger partial charge in [0.1, 0.15) is 5.75 Å². The van der Waals surface area contributed by atoms with Gasteiger partial charge in [-0.1, -0.05) is 24.3 Å². The van der Waals surface area contributed by atoms with E-state index in [4.69, 9.17) is 10.5 Å². The molecule has 1 fully saturated rings. The Labute approximate surface area is 145 Å². The Hall–Kier alpha value is -2.00. The van der Waals surface area contributed by atoms with E-state index in [1.54, 1.807) is 7.11 Å². The van der Waals surface area contributed by atoms with Gasteiger partial charge in [0.2, 0.25) is 0 Å². The van der Waals surface area contributed by atoms with Crippen molar-refractivity contribution in [3.63, 3.8) is 0 Å². The summed E-state index contributed by atoms with van der Waals surface area (Å²) in [5, 5.41) is 0. The molecule has 128 valence electrons. The Morgan fingerprint density at radius 1 is 0.958 bits per heavy atom. The molecule has 0 radical (unpaired) electrons. The molecule has 0 bridgehead atoms. The van der Waals surface area contributed by atoms with Gasteiger partial charge in [0.15, 0.2) is 0 Å². The van der Waals surface area contributed by atoms with E-state index in [-0.39, 0.29) is 0 Å². The van der Waals surface area contributed by atoms with Crippen LogP contribution in [0.5, 0.6) is 5.75 Å². The summed E-state index contributed by atoms with van der Waals surface area (Å²) in [5.74, 6) is 1.23. The zero-order valence-corrected chi connectivity index (χ0v) is 14.6. The number of piperidine rings is 1. The number of hydrogen-bond acceptors (Lipinski definition) is 3. The standard InChI is InChI=1S/C21H28N2O/c1-24-21-11-7-18(8-12-21)19(16-22)15-17-5-9-20(10-6-17)23-13-3-2-4-14-23/h5-12,19H,2-4,13-16,22H2,1H3. The molecule has 3 heteroatoms. The summed E-state index contributed by atoms with van der Waals surface area (Å²) in [7, 11) is 1.69. The lowest BCUT2D eigenvalue weighted by Gasteiger charge is -2.29. The number of ether oxygens (including phenoxy) is 1. The van der Waals surface area contributed by atoms with Gasteiger partial charge < -0.3 is 15.4 Å². The maximum atomic E-state index is 6.03. The molecular weight excluding hydrogens is 296 g/mol. The fourth-order valence-corrected chi connectivity index (χ4v) is 3.49. The minimum Gasteiger partial charge on any atom is -0.497 e. The molecule has 3 nitrogen and oxygen atoms in total. The maximum absolute atomic E-state index is 6.03. The van der Waals surface area contributed by atoms with Crippen LogP contribution in [0.1, 0.15) is 36.3 Å². The topological polar surface area (TPSA) is 38.5 Å². The van der Waals surface area contributed by atoms with Crippen molar-refractivity contribution in [3.05, 3.63) is 59.7 Å². The van der Waals surface area contributed by atoms with Crippen LogP contribution < -0.4 is 15.4 Å². The fraction of sp³-hybridized carbons (Fsp3) is 0.429. The van der Waals surface area contributed by atoms with Gasteiger partial charge in [-0.05, 0) is 67.6 Å². The van der Waals surface area contributed by atoms with Crippen LogP contribution in [0.2, 0.25) is 0 Å². The summed E-state index contributed by atoms with van der Waals surface area (Å²) in [5.41, 5.74) is 10.0. The van der Waals surface area contributed by atoms with E-state index in [0.717, 1.165) is 12.2 Å². The number of rotatable bonds is 6. The molecule has 2 aromatic carbocycles. The van der Waals surface area contributed by atoms with E-state index in [2.05, 4.69) is 41.3 Å². The number of hydrogen-bond donors (Lipinski definition) is 1. The number of nitrogens with two attached hydrogens (primary N) is 1. The summed E-state index contributed by atoms with van der Waals surface area (Å²) in [6, 6.07) is 17.3. The first-order valence-corrected chi connectivity index (χ1v) is 8.98. The van der Waals surface area contributed by atoms with Crippen molar-refractivity contribution in [2.45, 2.75) is 31.6 Å². The molecule has 2 N–H and O–H groups in total. The SMILES string of the molecule is COc1ccc(C(CN)Cc2ccc(N3CCCCC3)cc2)cc1. The highest BCUT2D eigenvalue weighted by Crippen LogP contribution is 2.25. The van der Waals surface area contributed by atoms with E-state index >= 15 is 0 Å². The predicted octanol–water partition coefficient (Wildman–Crippen LogP) is 3.97. The Balaban J connectivity index is 1.66. The van der Waals surface area contributed by atoms with E-state index in [1.165, 1.54) is 49.2 Å². The fourth-order valence-electron chi connectivity index (χ4n) is 3.49. The summed E-state index contributed by atoms with van der Waals surface area (Å²) in [6.45, 7) is 3.04. The zero-order chi connectivity index (χ0) is 16.8. The minimum absolute atomic E-state index is 0.344. The third-order valence-corrected chi connectivity index (χ3v) is 5.01. The van der Waals surface area contributed by atoms with Crippen LogP contribution in [-0.4, -0.2) is 26.7 Å². The molecule has 1 aliphatic heterocycles. The van der Waals surface area contributed by atoms with Crippen LogP contribution >= 0.6 is 0 Å². The van der Waals surface area contributed by atoms with E-state index in [0.29, 0.717) is 12.5 Å². The molecule has 0 spiro atoms. The van der Waals surface area contributed by atoms with E-state index in [1.807, 2.05) is 12.1 Å². The second-order valence-corrected chi connectivity index (χ2v) is 6.62. The van der Waals surface area contributed by atoms with Gasteiger partial charge in [0.05, 0.1) is 7.11 Å². The summed E-state index contributed by atoms with van der Waals surface area (Å²) >= 11 is 0. The van der Waals surface area contributed by atoms with Crippen molar-refractivity contribution >= 4 is 5.69 Å². The largest absolute Gasteiger partial charge is 0.497 e. The Kier molecular flexibility index (Phi) is 5.76. The molecule has 0 aromatic heterocycles. The lowest BCUT2D eigenvalue weighted by Crippen LogP contribution is -2.29. The minimum atomic E-state index is 0.344. The second kappa shape index (κ2) is 8.20. The molecule has 24 heavy (non-hydrogen) atoms. The highest BCUT2D eigenvalue weighted by Gasteiger charge is 2.13. The normalized spacial score (nSPS) is 16.0. The Bertz CT molecular complexity index is 615. The van der Waals surface area contributed by atoms with Gasteiger partial charge in [-0.2, -0.15) is 0 Å². The van der Waals surface area contributed by atoms with Gasteiger partial charge in [-0.15, -0.1) is 0 Å². The molecule has 2 aromatic rings. The molecule has 1 unspecified atom stereocenters. The third-order valence-electron chi connectivity index (χ3n) is 5.01.